The lowest BCUT2D eigenvalue weighted by Gasteiger charge is -2.05. The molecule has 0 aromatic carbocycles. The summed E-state index contributed by atoms with van der Waals surface area (Å²) in [7, 11) is 0. The molecule has 1 aliphatic heterocycles. The van der Waals surface area contributed by atoms with Crippen molar-refractivity contribution >= 4 is 0 Å². The minimum absolute atomic E-state index is 0.368. The van der Waals surface area contributed by atoms with Gasteiger partial charge in [-0.05, 0) is 12.8 Å². The molecule has 4 heteroatoms. The second-order valence-electron chi connectivity index (χ2n) is 3.96. The largest absolute Gasteiger partial charge is 0.379 e. The fourth-order valence-electron chi connectivity index (χ4n) is 1.21. The molecule has 0 aromatic heterocycles. The quantitative estimate of drug-likeness (QED) is 0.379. The zero-order chi connectivity index (χ0) is 11.5. The number of ether oxygens (including phenoxy) is 4. The summed E-state index contributed by atoms with van der Waals surface area (Å²) in [5, 5.41) is 0. The van der Waals surface area contributed by atoms with Crippen molar-refractivity contribution in [2.75, 3.05) is 46.2 Å². The Morgan fingerprint density at radius 2 is 1.56 bits per heavy atom. The van der Waals surface area contributed by atoms with E-state index in [1.807, 2.05) is 0 Å². The van der Waals surface area contributed by atoms with Crippen LogP contribution >= 0.6 is 0 Å². The van der Waals surface area contributed by atoms with Crippen molar-refractivity contribution in [1.29, 1.82) is 0 Å². The molecule has 0 N–H and O–H groups in total. The van der Waals surface area contributed by atoms with E-state index in [1.165, 1.54) is 6.42 Å². The third kappa shape index (κ3) is 9.09. The van der Waals surface area contributed by atoms with Gasteiger partial charge in [-0.15, -0.1) is 0 Å². The number of epoxide rings is 1. The monoisotopic (exact) mass is 232 g/mol. The minimum Gasteiger partial charge on any atom is -0.379 e. The van der Waals surface area contributed by atoms with Gasteiger partial charge in [0.15, 0.2) is 0 Å². The van der Waals surface area contributed by atoms with Crippen LogP contribution in [0.1, 0.15) is 26.2 Å². The fourth-order valence-corrected chi connectivity index (χ4v) is 1.21. The van der Waals surface area contributed by atoms with E-state index in [0.29, 0.717) is 19.3 Å². The highest BCUT2D eigenvalue weighted by molar-refractivity contribution is 4.66. The van der Waals surface area contributed by atoms with Gasteiger partial charge in [-0.3, -0.25) is 0 Å². The van der Waals surface area contributed by atoms with Gasteiger partial charge in [-0.1, -0.05) is 13.3 Å². The molecule has 4 nitrogen and oxygen atoms in total. The highest BCUT2D eigenvalue weighted by Gasteiger charge is 2.21. The number of hydrogen-bond donors (Lipinski definition) is 0. The van der Waals surface area contributed by atoms with E-state index in [2.05, 4.69) is 6.92 Å². The summed E-state index contributed by atoms with van der Waals surface area (Å²) in [6.07, 6.45) is 3.63. The molecule has 1 heterocycles. The van der Waals surface area contributed by atoms with Gasteiger partial charge in [0.25, 0.3) is 0 Å². The van der Waals surface area contributed by atoms with Gasteiger partial charge in [0.2, 0.25) is 0 Å². The Hall–Kier alpha value is -0.160. The summed E-state index contributed by atoms with van der Waals surface area (Å²) in [6, 6.07) is 0. The van der Waals surface area contributed by atoms with Gasteiger partial charge in [0, 0.05) is 19.8 Å². The smallest absolute Gasteiger partial charge is 0.104 e. The number of rotatable bonds is 12. The third-order valence-corrected chi connectivity index (χ3v) is 2.30. The van der Waals surface area contributed by atoms with Crippen molar-refractivity contribution in [2.45, 2.75) is 32.3 Å². The van der Waals surface area contributed by atoms with Crippen molar-refractivity contribution in [1.82, 2.24) is 0 Å². The Balaban J connectivity index is 1.61. The lowest BCUT2D eigenvalue weighted by molar-refractivity contribution is 0.0335. The molecule has 1 atom stereocenters. The van der Waals surface area contributed by atoms with Gasteiger partial charge in [-0.2, -0.15) is 0 Å². The molecule has 0 radical (unpaired) electrons. The van der Waals surface area contributed by atoms with Crippen LogP contribution in [0.5, 0.6) is 0 Å². The summed E-state index contributed by atoms with van der Waals surface area (Å²) in [5.41, 5.74) is 0. The zero-order valence-electron chi connectivity index (χ0n) is 10.3. The second kappa shape index (κ2) is 10.0. The zero-order valence-corrected chi connectivity index (χ0v) is 10.3. The van der Waals surface area contributed by atoms with E-state index in [9.17, 15) is 0 Å². The first-order valence-electron chi connectivity index (χ1n) is 6.28. The van der Waals surface area contributed by atoms with Gasteiger partial charge in [0.05, 0.1) is 26.4 Å². The molecular formula is C12H24O4. The molecule has 0 aliphatic carbocycles. The lowest BCUT2D eigenvalue weighted by atomic mass is 10.4. The summed E-state index contributed by atoms with van der Waals surface area (Å²) in [5.74, 6) is 0. The van der Waals surface area contributed by atoms with E-state index in [0.717, 1.165) is 45.9 Å². The first kappa shape index (κ1) is 13.9. The molecule has 0 saturated carbocycles. The maximum Gasteiger partial charge on any atom is 0.104 e. The van der Waals surface area contributed by atoms with Crippen molar-refractivity contribution < 1.29 is 18.9 Å². The maximum atomic E-state index is 5.40. The van der Waals surface area contributed by atoms with E-state index < -0.39 is 0 Å². The van der Waals surface area contributed by atoms with Crippen LogP contribution < -0.4 is 0 Å². The average molecular weight is 232 g/mol. The minimum atomic E-state index is 0.368. The van der Waals surface area contributed by atoms with E-state index in [4.69, 9.17) is 18.9 Å². The lowest BCUT2D eigenvalue weighted by Crippen LogP contribution is -2.09. The van der Waals surface area contributed by atoms with E-state index >= 15 is 0 Å². The van der Waals surface area contributed by atoms with E-state index in [-0.39, 0.29) is 0 Å². The predicted molar refractivity (Wildman–Crippen MR) is 61.7 cm³/mol. The topological polar surface area (TPSA) is 40.2 Å². The standard InChI is InChI=1S/C12H24O4/c1-2-3-5-13-8-9-14-6-4-7-15-10-12-11-16-12/h12H,2-11H2,1H3. The number of unbranched alkanes of at least 4 members (excludes halogenated alkanes) is 1. The van der Waals surface area contributed by atoms with Gasteiger partial charge >= 0.3 is 0 Å². The molecule has 1 saturated heterocycles. The molecular weight excluding hydrogens is 208 g/mol. The average Bonchev–Trinajstić information content (AvgIpc) is 3.10. The first-order chi connectivity index (χ1) is 7.93. The van der Waals surface area contributed by atoms with Crippen LogP contribution in [0.25, 0.3) is 0 Å². The summed E-state index contributed by atoms with van der Waals surface area (Å²) >= 11 is 0. The molecule has 96 valence electrons. The Morgan fingerprint density at radius 1 is 0.938 bits per heavy atom. The summed E-state index contributed by atoms with van der Waals surface area (Å²) in [6.45, 7) is 7.52. The Labute approximate surface area is 98.2 Å². The Kier molecular flexibility index (Phi) is 8.71. The molecule has 16 heavy (non-hydrogen) atoms. The van der Waals surface area contributed by atoms with Crippen LogP contribution in [-0.2, 0) is 18.9 Å². The van der Waals surface area contributed by atoms with Crippen LogP contribution in [0.3, 0.4) is 0 Å². The van der Waals surface area contributed by atoms with Crippen molar-refractivity contribution in [3.63, 3.8) is 0 Å². The highest BCUT2D eigenvalue weighted by atomic mass is 16.6. The molecule has 1 fully saturated rings. The highest BCUT2D eigenvalue weighted by Crippen LogP contribution is 2.08. The van der Waals surface area contributed by atoms with Crippen LogP contribution in [0.15, 0.2) is 0 Å². The molecule has 0 amide bonds. The summed E-state index contributed by atoms with van der Waals surface area (Å²) in [4.78, 5) is 0. The molecule has 1 unspecified atom stereocenters. The molecule has 0 spiro atoms. The van der Waals surface area contributed by atoms with Gasteiger partial charge in [-0.25, -0.2) is 0 Å². The Morgan fingerprint density at radius 3 is 2.19 bits per heavy atom. The van der Waals surface area contributed by atoms with Crippen LogP contribution in [-0.4, -0.2) is 52.4 Å². The van der Waals surface area contributed by atoms with Crippen molar-refractivity contribution in [3.8, 4) is 0 Å². The van der Waals surface area contributed by atoms with Crippen LogP contribution in [0.2, 0.25) is 0 Å². The van der Waals surface area contributed by atoms with Crippen molar-refractivity contribution in [2.24, 2.45) is 0 Å². The molecule has 0 aromatic rings. The molecule has 1 rings (SSSR count). The maximum absolute atomic E-state index is 5.40. The fraction of sp³-hybridized carbons (Fsp3) is 1.00. The van der Waals surface area contributed by atoms with Gasteiger partial charge in [0.1, 0.15) is 6.10 Å². The van der Waals surface area contributed by atoms with Crippen molar-refractivity contribution in [3.05, 3.63) is 0 Å². The third-order valence-electron chi connectivity index (χ3n) is 2.30. The van der Waals surface area contributed by atoms with Crippen LogP contribution in [0.4, 0.5) is 0 Å². The SMILES string of the molecule is CCCCOCCOCCCOCC1CO1. The van der Waals surface area contributed by atoms with Crippen LogP contribution in [0, 0.1) is 0 Å². The predicted octanol–water partition coefficient (Wildman–Crippen LogP) is 1.63. The molecule has 0 bridgehead atoms. The second-order valence-corrected chi connectivity index (χ2v) is 3.96. The number of hydrogen-bond acceptors (Lipinski definition) is 4. The van der Waals surface area contributed by atoms with E-state index in [1.54, 1.807) is 0 Å². The molecule has 1 aliphatic rings. The normalized spacial score (nSPS) is 18.9. The first-order valence-corrected chi connectivity index (χ1v) is 6.28. The van der Waals surface area contributed by atoms with Gasteiger partial charge < -0.3 is 18.9 Å². The summed E-state index contributed by atoms with van der Waals surface area (Å²) < 4.78 is 21.2. The Bertz CT molecular complexity index is 148.